The van der Waals surface area contributed by atoms with Crippen molar-refractivity contribution in [2.24, 2.45) is 0 Å². The van der Waals surface area contributed by atoms with Gasteiger partial charge in [0.15, 0.2) is 0 Å². The fraction of sp³-hybridized carbons (Fsp3) is 0.294. The van der Waals surface area contributed by atoms with Crippen molar-refractivity contribution in [3.05, 3.63) is 47.5 Å². The van der Waals surface area contributed by atoms with E-state index < -0.39 is 11.8 Å². The predicted octanol–water partition coefficient (Wildman–Crippen LogP) is 3.31. The van der Waals surface area contributed by atoms with Crippen LogP contribution in [0.4, 0.5) is 4.39 Å². The maximum absolute atomic E-state index is 14.2. The van der Waals surface area contributed by atoms with Crippen molar-refractivity contribution in [1.82, 2.24) is 4.98 Å². The van der Waals surface area contributed by atoms with Crippen molar-refractivity contribution in [2.75, 3.05) is 13.7 Å². The molecule has 0 aliphatic heterocycles. The lowest BCUT2D eigenvalue weighted by molar-refractivity contribution is -0.139. The lowest BCUT2D eigenvalue weighted by Crippen LogP contribution is -2.06. The molecule has 0 atom stereocenters. The number of aromatic nitrogens is 1. The highest BCUT2D eigenvalue weighted by Gasteiger charge is 2.13. The molecule has 1 heterocycles. The molecule has 22 heavy (non-hydrogen) atoms. The summed E-state index contributed by atoms with van der Waals surface area (Å²) in [5, 5.41) is 0. The van der Waals surface area contributed by atoms with Gasteiger partial charge in [-0.1, -0.05) is 12.1 Å². The summed E-state index contributed by atoms with van der Waals surface area (Å²) < 4.78 is 24.3. The molecule has 1 aromatic carbocycles. The minimum Gasteiger partial charge on any atom is -0.493 e. The Hall–Kier alpha value is -2.43. The number of hydrogen-bond acceptors (Lipinski definition) is 4. The molecule has 0 aliphatic carbocycles. The summed E-state index contributed by atoms with van der Waals surface area (Å²) in [5.74, 6) is -0.264. The molecular weight excluding hydrogens is 285 g/mol. The Morgan fingerprint density at radius 3 is 2.73 bits per heavy atom. The highest BCUT2D eigenvalue weighted by atomic mass is 19.1. The molecular formula is C17H18FNO3. The highest BCUT2D eigenvalue weighted by molar-refractivity contribution is 5.74. The van der Waals surface area contributed by atoms with E-state index in [-0.39, 0.29) is 6.42 Å². The van der Waals surface area contributed by atoms with E-state index in [2.05, 4.69) is 9.72 Å². The number of halogens is 1. The number of carbonyl (C=O) groups is 1. The minimum absolute atomic E-state index is 0.0902. The molecule has 0 saturated carbocycles. The summed E-state index contributed by atoms with van der Waals surface area (Å²) in [4.78, 5) is 15.5. The molecule has 0 spiro atoms. The standard InChI is InChI=1S/C17H18FNO3/c1-4-22-16-7-11(2)19-10-14(16)12-5-6-13(15(18)8-12)9-17(20)21-3/h5-8,10H,4,9H2,1-3H3. The van der Waals surface area contributed by atoms with Crippen LogP contribution in [0.1, 0.15) is 18.2 Å². The highest BCUT2D eigenvalue weighted by Crippen LogP contribution is 2.31. The molecule has 0 bridgehead atoms. The molecule has 0 saturated heterocycles. The molecule has 4 nitrogen and oxygen atoms in total. The first-order valence-corrected chi connectivity index (χ1v) is 7.00. The van der Waals surface area contributed by atoms with Gasteiger partial charge in [-0.15, -0.1) is 0 Å². The SMILES string of the molecule is CCOc1cc(C)ncc1-c1ccc(CC(=O)OC)c(F)c1. The van der Waals surface area contributed by atoms with Crippen LogP contribution in [-0.4, -0.2) is 24.7 Å². The van der Waals surface area contributed by atoms with Crippen LogP contribution in [0, 0.1) is 12.7 Å². The first kappa shape index (κ1) is 15.9. The summed E-state index contributed by atoms with van der Waals surface area (Å²) in [6, 6.07) is 6.53. The van der Waals surface area contributed by atoms with E-state index in [4.69, 9.17) is 4.74 Å². The summed E-state index contributed by atoms with van der Waals surface area (Å²) in [6.45, 7) is 4.27. The van der Waals surface area contributed by atoms with Gasteiger partial charge in [-0.2, -0.15) is 0 Å². The third kappa shape index (κ3) is 3.61. The minimum atomic E-state index is -0.473. The molecule has 116 valence electrons. The zero-order valence-corrected chi connectivity index (χ0v) is 12.9. The number of hydrogen-bond donors (Lipinski definition) is 0. The van der Waals surface area contributed by atoms with E-state index in [1.807, 2.05) is 19.9 Å². The Balaban J connectivity index is 2.38. The number of carbonyl (C=O) groups excluding carboxylic acids is 1. The fourth-order valence-electron chi connectivity index (χ4n) is 2.11. The third-order valence-electron chi connectivity index (χ3n) is 3.23. The average molecular weight is 303 g/mol. The number of esters is 1. The molecule has 0 aliphatic rings. The van der Waals surface area contributed by atoms with Crippen LogP contribution in [0.5, 0.6) is 5.75 Å². The fourth-order valence-corrected chi connectivity index (χ4v) is 2.11. The maximum atomic E-state index is 14.2. The van der Waals surface area contributed by atoms with Crippen LogP contribution in [0.25, 0.3) is 11.1 Å². The Morgan fingerprint density at radius 2 is 2.09 bits per heavy atom. The first-order chi connectivity index (χ1) is 10.5. The third-order valence-corrected chi connectivity index (χ3v) is 3.23. The quantitative estimate of drug-likeness (QED) is 0.795. The van der Waals surface area contributed by atoms with Gasteiger partial charge in [0.25, 0.3) is 0 Å². The van der Waals surface area contributed by atoms with Crippen LogP contribution in [0.2, 0.25) is 0 Å². The number of nitrogens with zero attached hydrogens (tertiary/aromatic N) is 1. The van der Waals surface area contributed by atoms with Gasteiger partial charge in [0.2, 0.25) is 0 Å². The van der Waals surface area contributed by atoms with E-state index in [0.29, 0.717) is 23.5 Å². The van der Waals surface area contributed by atoms with Crippen LogP contribution in [0.15, 0.2) is 30.5 Å². The summed E-state index contributed by atoms with van der Waals surface area (Å²) in [5.41, 5.74) is 2.50. The van der Waals surface area contributed by atoms with E-state index in [1.54, 1.807) is 18.3 Å². The van der Waals surface area contributed by atoms with Crippen molar-refractivity contribution in [2.45, 2.75) is 20.3 Å². The summed E-state index contributed by atoms with van der Waals surface area (Å²) in [6.07, 6.45) is 1.57. The topological polar surface area (TPSA) is 48.4 Å². The van der Waals surface area contributed by atoms with Crippen molar-refractivity contribution in [3.8, 4) is 16.9 Å². The largest absolute Gasteiger partial charge is 0.493 e. The molecule has 0 radical (unpaired) electrons. The molecule has 1 aromatic heterocycles. The van der Waals surface area contributed by atoms with E-state index in [0.717, 1.165) is 11.3 Å². The Labute approximate surface area is 128 Å². The normalized spacial score (nSPS) is 10.4. The van der Waals surface area contributed by atoms with E-state index >= 15 is 0 Å². The maximum Gasteiger partial charge on any atom is 0.310 e. The van der Waals surface area contributed by atoms with Gasteiger partial charge in [0.1, 0.15) is 11.6 Å². The second-order valence-corrected chi connectivity index (χ2v) is 4.81. The van der Waals surface area contributed by atoms with E-state index in [1.165, 1.54) is 13.2 Å². The van der Waals surface area contributed by atoms with Crippen molar-refractivity contribution < 1.29 is 18.7 Å². The van der Waals surface area contributed by atoms with Gasteiger partial charge in [-0.3, -0.25) is 9.78 Å². The molecule has 5 heteroatoms. The van der Waals surface area contributed by atoms with E-state index in [9.17, 15) is 9.18 Å². The molecule has 0 fully saturated rings. The zero-order chi connectivity index (χ0) is 16.1. The monoisotopic (exact) mass is 303 g/mol. The number of methoxy groups -OCH3 is 1. The lowest BCUT2D eigenvalue weighted by atomic mass is 10.0. The van der Waals surface area contributed by atoms with Gasteiger partial charge in [0.05, 0.1) is 20.1 Å². The Bertz CT molecular complexity index is 686. The number of aryl methyl sites for hydroxylation is 1. The van der Waals surface area contributed by atoms with Gasteiger partial charge in [-0.05, 0) is 31.0 Å². The lowest BCUT2D eigenvalue weighted by Gasteiger charge is -2.12. The van der Waals surface area contributed by atoms with Crippen LogP contribution >= 0.6 is 0 Å². The van der Waals surface area contributed by atoms with Crippen LogP contribution in [0.3, 0.4) is 0 Å². The Kier molecular flexibility index (Phi) is 5.09. The number of rotatable bonds is 5. The van der Waals surface area contributed by atoms with Crippen LogP contribution < -0.4 is 4.74 Å². The second-order valence-electron chi connectivity index (χ2n) is 4.81. The number of benzene rings is 1. The van der Waals surface area contributed by atoms with Gasteiger partial charge >= 0.3 is 5.97 Å². The molecule has 0 N–H and O–H groups in total. The predicted molar refractivity (Wildman–Crippen MR) is 81.3 cm³/mol. The number of ether oxygens (including phenoxy) is 2. The Morgan fingerprint density at radius 1 is 1.32 bits per heavy atom. The molecule has 2 rings (SSSR count). The summed E-state index contributed by atoms with van der Waals surface area (Å²) in [7, 11) is 1.28. The average Bonchev–Trinajstić information content (AvgIpc) is 2.50. The van der Waals surface area contributed by atoms with Crippen molar-refractivity contribution in [1.29, 1.82) is 0 Å². The summed E-state index contributed by atoms with van der Waals surface area (Å²) >= 11 is 0. The number of pyridine rings is 1. The van der Waals surface area contributed by atoms with Crippen molar-refractivity contribution in [3.63, 3.8) is 0 Å². The molecule has 0 unspecified atom stereocenters. The van der Waals surface area contributed by atoms with Gasteiger partial charge in [0, 0.05) is 23.5 Å². The van der Waals surface area contributed by atoms with Gasteiger partial charge in [-0.25, -0.2) is 4.39 Å². The van der Waals surface area contributed by atoms with Crippen molar-refractivity contribution >= 4 is 5.97 Å². The zero-order valence-electron chi connectivity index (χ0n) is 12.9. The first-order valence-electron chi connectivity index (χ1n) is 7.00. The smallest absolute Gasteiger partial charge is 0.310 e. The molecule has 0 amide bonds. The van der Waals surface area contributed by atoms with Crippen LogP contribution in [-0.2, 0) is 16.0 Å². The second kappa shape index (κ2) is 7.02. The van der Waals surface area contributed by atoms with Gasteiger partial charge < -0.3 is 9.47 Å². The molecule has 2 aromatic rings.